The van der Waals surface area contributed by atoms with Crippen molar-refractivity contribution in [3.8, 4) is 0 Å². The number of guanidine groups is 1. The number of hydrogen-bond donors (Lipinski definition) is 1. The molecule has 0 aliphatic carbocycles. The molecule has 1 rings (SSSR count). The van der Waals surface area contributed by atoms with E-state index in [2.05, 4.69) is 42.8 Å². The molecule has 17 heavy (non-hydrogen) atoms. The number of hydrogen-bond acceptors (Lipinski definition) is 1. The van der Waals surface area contributed by atoms with Crippen molar-refractivity contribution in [3.05, 3.63) is 35.9 Å². The SMILES string of the molecule is CCCN(C(N)=NCc1ccccc1)C(C)C. The topological polar surface area (TPSA) is 41.6 Å². The van der Waals surface area contributed by atoms with E-state index in [0.717, 1.165) is 13.0 Å². The zero-order valence-corrected chi connectivity index (χ0v) is 11.1. The third-order valence-corrected chi connectivity index (χ3v) is 2.65. The Bertz CT molecular complexity index is 344. The highest BCUT2D eigenvalue weighted by Gasteiger charge is 2.10. The van der Waals surface area contributed by atoms with E-state index < -0.39 is 0 Å². The summed E-state index contributed by atoms with van der Waals surface area (Å²) in [5, 5.41) is 0. The summed E-state index contributed by atoms with van der Waals surface area (Å²) in [6.07, 6.45) is 1.08. The van der Waals surface area contributed by atoms with Crippen LogP contribution in [0, 0.1) is 0 Å². The Balaban J connectivity index is 2.64. The number of nitrogens with zero attached hydrogens (tertiary/aromatic N) is 2. The second kappa shape index (κ2) is 6.94. The van der Waals surface area contributed by atoms with Gasteiger partial charge in [-0.25, -0.2) is 4.99 Å². The molecule has 2 N–H and O–H groups in total. The molecule has 0 amide bonds. The van der Waals surface area contributed by atoms with Gasteiger partial charge in [-0.05, 0) is 25.8 Å². The van der Waals surface area contributed by atoms with Crippen molar-refractivity contribution in [2.75, 3.05) is 6.54 Å². The van der Waals surface area contributed by atoms with E-state index in [1.165, 1.54) is 5.56 Å². The van der Waals surface area contributed by atoms with Gasteiger partial charge in [-0.15, -0.1) is 0 Å². The van der Waals surface area contributed by atoms with Crippen molar-refractivity contribution in [1.82, 2.24) is 4.90 Å². The molecule has 0 saturated carbocycles. The minimum atomic E-state index is 0.398. The number of rotatable bonds is 5. The molecule has 1 aromatic carbocycles. The van der Waals surface area contributed by atoms with Gasteiger partial charge in [-0.1, -0.05) is 37.3 Å². The Labute approximate surface area is 104 Å². The summed E-state index contributed by atoms with van der Waals surface area (Å²) in [5.74, 6) is 0.644. The maximum absolute atomic E-state index is 6.03. The van der Waals surface area contributed by atoms with Crippen LogP contribution in [0.25, 0.3) is 0 Å². The summed E-state index contributed by atoms with van der Waals surface area (Å²) in [6.45, 7) is 8.04. The van der Waals surface area contributed by atoms with E-state index in [0.29, 0.717) is 18.5 Å². The molecule has 0 atom stereocenters. The first-order valence-corrected chi connectivity index (χ1v) is 6.25. The van der Waals surface area contributed by atoms with Gasteiger partial charge >= 0.3 is 0 Å². The van der Waals surface area contributed by atoms with Crippen molar-refractivity contribution >= 4 is 5.96 Å². The van der Waals surface area contributed by atoms with E-state index >= 15 is 0 Å². The lowest BCUT2D eigenvalue weighted by molar-refractivity contribution is 0.344. The Hall–Kier alpha value is -1.51. The Morgan fingerprint density at radius 3 is 2.47 bits per heavy atom. The van der Waals surface area contributed by atoms with E-state index in [4.69, 9.17) is 5.73 Å². The second-order valence-corrected chi connectivity index (χ2v) is 4.45. The van der Waals surface area contributed by atoms with Crippen LogP contribution in [0.3, 0.4) is 0 Å². The quantitative estimate of drug-likeness (QED) is 0.627. The smallest absolute Gasteiger partial charge is 0.191 e. The third kappa shape index (κ3) is 4.47. The van der Waals surface area contributed by atoms with Gasteiger partial charge in [0.05, 0.1) is 6.54 Å². The van der Waals surface area contributed by atoms with Crippen LogP contribution in [0.2, 0.25) is 0 Å². The van der Waals surface area contributed by atoms with E-state index in [1.54, 1.807) is 0 Å². The van der Waals surface area contributed by atoms with Crippen LogP contribution in [-0.2, 0) is 6.54 Å². The molecule has 0 unspecified atom stereocenters. The van der Waals surface area contributed by atoms with Gasteiger partial charge in [-0.3, -0.25) is 0 Å². The first-order valence-electron chi connectivity index (χ1n) is 6.25. The molecule has 0 aromatic heterocycles. The van der Waals surface area contributed by atoms with Gasteiger partial charge in [-0.2, -0.15) is 0 Å². The lowest BCUT2D eigenvalue weighted by Gasteiger charge is -2.27. The Kier molecular flexibility index (Phi) is 5.53. The fourth-order valence-corrected chi connectivity index (χ4v) is 1.72. The molecule has 0 aliphatic rings. The average Bonchev–Trinajstić information content (AvgIpc) is 2.34. The molecule has 3 nitrogen and oxygen atoms in total. The molecule has 0 spiro atoms. The van der Waals surface area contributed by atoms with Crippen LogP contribution in [0.5, 0.6) is 0 Å². The van der Waals surface area contributed by atoms with Crippen molar-refractivity contribution in [3.63, 3.8) is 0 Å². The van der Waals surface area contributed by atoms with Gasteiger partial charge in [0.1, 0.15) is 0 Å². The summed E-state index contributed by atoms with van der Waals surface area (Å²) >= 11 is 0. The molecule has 1 aromatic rings. The summed E-state index contributed by atoms with van der Waals surface area (Å²) in [4.78, 5) is 6.60. The Morgan fingerprint density at radius 2 is 1.94 bits per heavy atom. The summed E-state index contributed by atoms with van der Waals surface area (Å²) in [6, 6.07) is 10.6. The number of aliphatic imine (C=N–C) groups is 1. The first kappa shape index (κ1) is 13.6. The van der Waals surface area contributed by atoms with Gasteiger partial charge in [0.25, 0.3) is 0 Å². The molecule has 0 radical (unpaired) electrons. The highest BCUT2D eigenvalue weighted by molar-refractivity contribution is 5.78. The molecule has 94 valence electrons. The van der Waals surface area contributed by atoms with Gasteiger partial charge in [0, 0.05) is 12.6 Å². The molecule has 0 heterocycles. The summed E-state index contributed by atoms with van der Waals surface area (Å²) in [7, 11) is 0. The van der Waals surface area contributed by atoms with Crippen LogP contribution >= 0.6 is 0 Å². The zero-order chi connectivity index (χ0) is 12.7. The zero-order valence-electron chi connectivity index (χ0n) is 11.1. The predicted molar refractivity (Wildman–Crippen MR) is 73.9 cm³/mol. The van der Waals surface area contributed by atoms with E-state index in [-0.39, 0.29) is 0 Å². The number of nitrogens with two attached hydrogens (primary N) is 1. The lowest BCUT2D eigenvalue weighted by atomic mass is 10.2. The Morgan fingerprint density at radius 1 is 1.29 bits per heavy atom. The van der Waals surface area contributed by atoms with Crippen molar-refractivity contribution in [2.24, 2.45) is 10.7 Å². The molecule has 0 fully saturated rings. The van der Waals surface area contributed by atoms with Crippen LogP contribution < -0.4 is 5.73 Å². The molecular weight excluding hydrogens is 210 g/mol. The summed E-state index contributed by atoms with van der Waals surface area (Å²) < 4.78 is 0. The standard InChI is InChI=1S/C14H23N3/c1-4-10-17(12(2)3)14(15)16-11-13-8-6-5-7-9-13/h5-9,12H,4,10-11H2,1-3H3,(H2,15,16). The fraction of sp³-hybridized carbons (Fsp3) is 0.500. The van der Waals surface area contributed by atoms with Crippen molar-refractivity contribution in [1.29, 1.82) is 0 Å². The number of benzene rings is 1. The van der Waals surface area contributed by atoms with Crippen LogP contribution in [0.4, 0.5) is 0 Å². The largest absolute Gasteiger partial charge is 0.370 e. The minimum Gasteiger partial charge on any atom is -0.370 e. The van der Waals surface area contributed by atoms with Gasteiger partial charge < -0.3 is 10.6 Å². The van der Waals surface area contributed by atoms with Gasteiger partial charge in [0.2, 0.25) is 0 Å². The monoisotopic (exact) mass is 233 g/mol. The van der Waals surface area contributed by atoms with Gasteiger partial charge in [0.15, 0.2) is 5.96 Å². The minimum absolute atomic E-state index is 0.398. The maximum atomic E-state index is 6.03. The third-order valence-electron chi connectivity index (χ3n) is 2.65. The molecule has 0 saturated heterocycles. The van der Waals surface area contributed by atoms with Crippen LogP contribution in [0.1, 0.15) is 32.8 Å². The van der Waals surface area contributed by atoms with Crippen molar-refractivity contribution < 1.29 is 0 Å². The van der Waals surface area contributed by atoms with Crippen LogP contribution in [0.15, 0.2) is 35.3 Å². The molecule has 0 aliphatic heterocycles. The maximum Gasteiger partial charge on any atom is 0.191 e. The van der Waals surface area contributed by atoms with E-state index in [9.17, 15) is 0 Å². The normalized spacial score (nSPS) is 11.9. The first-order chi connectivity index (χ1) is 8.15. The predicted octanol–water partition coefficient (Wildman–Crippen LogP) is 2.62. The van der Waals surface area contributed by atoms with E-state index in [1.807, 2.05) is 18.2 Å². The second-order valence-electron chi connectivity index (χ2n) is 4.45. The average molecular weight is 233 g/mol. The lowest BCUT2D eigenvalue weighted by Crippen LogP contribution is -2.42. The van der Waals surface area contributed by atoms with Crippen LogP contribution in [-0.4, -0.2) is 23.4 Å². The molecule has 3 heteroatoms. The fourth-order valence-electron chi connectivity index (χ4n) is 1.72. The highest BCUT2D eigenvalue weighted by atomic mass is 15.3. The summed E-state index contributed by atoms with van der Waals surface area (Å²) in [5.41, 5.74) is 7.22. The van der Waals surface area contributed by atoms with Crippen molar-refractivity contribution in [2.45, 2.75) is 39.8 Å². The highest BCUT2D eigenvalue weighted by Crippen LogP contribution is 2.03. The molecule has 0 bridgehead atoms. The molecular formula is C14H23N3.